The van der Waals surface area contributed by atoms with Gasteiger partial charge in [0.05, 0.1) is 22.2 Å². The maximum atomic E-state index is 10.9. The molecule has 0 unspecified atom stereocenters. The fourth-order valence-corrected chi connectivity index (χ4v) is 2.57. The van der Waals surface area contributed by atoms with Crippen molar-refractivity contribution < 1.29 is 15.0 Å². The zero-order valence-electron chi connectivity index (χ0n) is 11.7. The molecule has 0 aliphatic rings. The van der Waals surface area contributed by atoms with Gasteiger partial charge in [-0.15, -0.1) is 0 Å². The normalized spacial score (nSPS) is 11.0. The summed E-state index contributed by atoms with van der Waals surface area (Å²) in [6.07, 6.45) is 1.33. The molecule has 5 heteroatoms. The fraction of sp³-hybridized carbons (Fsp3) is 0.125. The SMILES string of the molecule is Cc1c(-c2ccc(C(=O)O)cn2)c2c(O)cccc2n1C. The van der Waals surface area contributed by atoms with E-state index in [4.69, 9.17) is 5.11 Å². The predicted molar refractivity (Wildman–Crippen MR) is 79.5 cm³/mol. The Morgan fingerprint density at radius 3 is 2.62 bits per heavy atom. The number of hydrogen-bond donors (Lipinski definition) is 2. The molecule has 0 fully saturated rings. The van der Waals surface area contributed by atoms with E-state index in [1.165, 1.54) is 12.3 Å². The summed E-state index contributed by atoms with van der Waals surface area (Å²) in [5, 5.41) is 19.8. The highest BCUT2D eigenvalue weighted by Gasteiger charge is 2.17. The van der Waals surface area contributed by atoms with Crippen LogP contribution in [0.3, 0.4) is 0 Å². The van der Waals surface area contributed by atoms with Crippen molar-refractivity contribution in [2.45, 2.75) is 6.92 Å². The first-order valence-corrected chi connectivity index (χ1v) is 6.47. The second-order valence-electron chi connectivity index (χ2n) is 4.93. The number of rotatable bonds is 2. The van der Waals surface area contributed by atoms with Gasteiger partial charge in [-0.2, -0.15) is 0 Å². The third-order valence-electron chi connectivity index (χ3n) is 3.76. The smallest absolute Gasteiger partial charge is 0.337 e. The number of benzene rings is 1. The Labute approximate surface area is 121 Å². The number of carbonyl (C=O) groups is 1. The molecule has 0 atom stereocenters. The van der Waals surface area contributed by atoms with Gasteiger partial charge in [-0.1, -0.05) is 6.07 Å². The number of phenolic OH excluding ortho intramolecular Hbond substituents is 1. The minimum Gasteiger partial charge on any atom is -0.507 e. The molecule has 0 amide bonds. The van der Waals surface area contributed by atoms with Crippen LogP contribution in [0.1, 0.15) is 16.1 Å². The number of aromatic nitrogens is 2. The number of nitrogens with zero attached hydrogens (tertiary/aromatic N) is 2. The number of aromatic carboxylic acids is 1. The molecule has 0 spiro atoms. The van der Waals surface area contributed by atoms with E-state index in [0.717, 1.165) is 22.2 Å². The third kappa shape index (κ3) is 1.94. The van der Waals surface area contributed by atoms with Crippen LogP contribution in [0.5, 0.6) is 5.75 Å². The Hall–Kier alpha value is -2.82. The van der Waals surface area contributed by atoms with Crippen molar-refractivity contribution in [2.24, 2.45) is 7.05 Å². The highest BCUT2D eigenvalue weighted by atomic mass is 16.4. The van der Waals surface area contributed by atoms with E-state index < -0.39 is 5.97 Å². The van der Waals surface area contributed by atoms with Crippen molar-refractivity contribution in [3.63, 3.8) is 0 Å². The van der Waals surface area contributed by atoms with E-state index in [1.54, 1.807) is 18.2 Å². The van der Waals surface area contributed by atoms with Crippen molar-refractivity contribution >= 4 is 16.9 Å². The maximum absolute atomic E-state index is 10.9. The van der Waals surface area contributed by atoms with Gasteiger partial charge in [0.25, 0.3) is 0 Å². The zero-order valence-corrected chi connectivity index (χ0v) is 11.7. The van der Waals surface area contributed by atoms with E-state index in [9.17, 15) is 9.90 Å². The van der Waals surface area contributed by atoms with Crippen LogP contribution in [0.4, 0.5) is 0 Å². The van der Waals surface area contributed by atoms with Crippen LogP contribution < -0.4 is 0 Å². The largest absolute Gasteiger partial charge is 0.507 e. The molecule has 2 aromatic heterocycles. The molecule has 5 nitrogen and oxygen atoms in total. The van der Waals surface area contributed by atoms with Gasteiger partial charge in [0.15, 0.2) is 0 Å². The van der Waals surface area contributed by atoms with Crippen molar-refractivity contribution in [3.05, 3.63) is 47.8 Å². The number of aromatic hydroxyl groups is 1. The van der Waals surface area contributed by atoms with Gasteiger partial charge in [0.2, 0.25) is 0 Å². The Balaban J connectivity index is 2.29. The summed E-state index contributed by atoms with van der Waals surface area (Å²) in [6.45, 7) is 1.95. The topological polar surface area (TPSA) is 75.3 Å². The molecular formula is C16H14N2O3. The van der Waals surface area contributed by atoms with Gasteiger partial charge in [-0.05, 0) is 31.2 Å². The summed E-state index contributed by atoms with van der Waals surface area (Å²) in [5.74, 6) is -0.818. The molecule has 21 heavy (non-hydrogen) atoms. The van der Waals surface area contributed by atoms with Gasteiger partial charge >= 0.3 is 5.97 Å². The third-order valence-corrected chi connectivity index (χ3v) is 3.76. The lowest BCUT2D eigenvalue weighted by Crippen LogP contribution is -1.97. The van der Waals surface area contributed by atoms with Gasteiger partial charge in [-0.3, -0.25) is 4.98 Å². The Bertz CT molecular complexity index is 848. The van der Waals surface area contributed by atoms with Crippen molar-refractivity contribution in [1.82, 2.24) is 9.55 Å². The van der Waals surface area contributed by atoms with Crippen LogP contribution in [-0.2, 0) is 7.05 Å². The van der Waals surface area contributed by atoms with Crippen LogP contribution in [0.15, 0.2) is 36.5 Å². The quantitative estimate of drug-likeness (QED) is 0.757. The molecule has 2 heterocycles. The summed E-state index contributed by atoms with van der Waals surface area (Å²) >= 11 is 0. The predicted octanol–water partition coefficient (Wildman–Crippen LogP) is 2.95. The van der Waals surface area contributed by atoms with E-state index in [-0.39, 0.29) is 11.3 Å². The van der Waals surface area contributed by atoms with E-state index >= 15 is 0 Å². The Morgan fingerprint density at radius 2 is 2.00 bits per heavy atom. The van der Waals surface area contributed by atoms with Crippen LogP contribution >= 0.6 is 0 Å². The van der Waals surface area contributed by atoms with Crippen LogP contribution in [0.2, 0.25) is 0 Å². The Morgan fingerprint density at radius 1 is 1.24 bits per heavy atom. The lowest BCUT2D eigenvalue weighted by molar-refractivity contribution is 0.0696. The van der Waals surface area contributed by atoms with Crippen molar-refractivity contribution in [2.75, 3.05) is 0 Å². The van der Waals surface area contributed by atoms with Gasteiger partial charge in [-0.25, -0.2) is 4.79 Å². The average molecular weight is 282 g/mol. The summed E-state index contributed by atoms with van der Waals surface area (Å²) < 4.78 is 1.98. The van der Waals surface area contributed by atoms with Crippen LogP contribution in [0, 0.1) is 6.92 Å². The van der Waals surface area contributed by atoms with E-state index in [2.05, 4.69) is 4.98 Å². The molecule has 1 aromatic carbocycles. The summed E-state index contributed by atoms with van der Waals surface area (Å²) in [7, 11) is 1.92. The summed E-state index contributed by atoms with van der Waals surface area (Å²) in [4.78, 5) is 15.1. The standard InChI is InChI=1S/C16H14N2O3/c1-9-14(11-7-6-10(8-17-11)16(20)21)15-12(18(9)2)4-3-5-13(15)19/h3-8,19H,1-2H3,(H,20,21). The van der Waals surface area contributed by atoms with E-state index in [1.807, 2.05) is 24.6 Å². The minimum absolute atomic E-state index is 0.140. The number of phenols is 1. The van der Waals surface area contributed by atoms with Crippen molar-refractivity contribution in [3.8, 4) is 17.0 Å². The molecule has 0 aliphatic heterocycles. The number of fused-ring (bicyclic) bond motifs is 1. The number of carboxylic acid groups (broad SMARTS) is 1. The average Bonchev–Trinajstić information content (AvgIpc) is 2.73. The molecular weight excluding hydrogens is 268 g/mol. The molecule has 3 aromatic rings. The number of hydrogen-bond acceptors (Lipinski definition) is 3. The lowest BCUT2D eigenvalue weighted by atomic mass is 10.1. The summed E-state index contributed by atoms with van der Waals surface area (Å²) in [5.41, 5.74) is 3.47. The summed E-state index contributed by atoms with van der Waals surface area (Å²) in [6, 6.07) is 8.54. The highest BCUT2D eigenvalue weighted by Crippen LogP contribution is 2.38. The molecule has 0 bridgehead atoms. The van der Waals surface area contributed by atoms with Gasteiger partial charge in [0.1, 0.15) is 5.75 Å². The van der Waals surface area contributed by atoms with Crippen LogP contribution in [0.25, 0.3) is 22.2 Å². The zero-order chi connectivity index (χ0) is 15.1. The van der Waals surface area contributed by atoms with Gasteiger partial charge < -0.3 is 14.8 Å². The number of aryl methyl sites for hydroxylation is 1. The number of pyridine rings is 1. The Kier molecular flexibility index (Phi) is 2.90. The highest BCUT2D eigenvalue weighted by molar-refractivity contribution is 6.01. The molecule has 3 rings (SSSR count). The number of carboxylic acids is 1. The maximum Gasteiger partial charge on any atom is 0.337 e. The molecule has 0 radical (unpaired) electrons. The first-order chi connectivity index (χ1) is 10.0. The minimum atomic E-state index is -1.01. The lowest BCUT2D eigenvalue weighted by Gasteiger charge is -2.03. The van der Waals surface area contributed by atoms with Crippen LogP contribution in [-0.4, -0.2) is 25.7 Å². The molecule has 0 saturated heterocycles. The second kappa shape index (κ2) is 4.63. The van der Waals surface area contributed by atoms with Crippen molar-refractivity contribution in [1.29, 1.82) is 0 Å². The fourth-order valence-electron chi connectivity index (χ4n) is 2.57. The molecule has 0 saturated carbocycles. The van der Waals surface area contributed by atoms with E-state index in [0.29, 0.717) is 5.69 Å². The first kappa shape index (κ1) is 13.2. The first-order valence-electron chi connectivity index (χ1n) is 6.47. The molecule has 0 aliphatic carbocycles. The van der Waals surface area contributed by atoms with Gasteiger partial charge in [0, 0.05) is 24.5 Å². The monoisotopic (exact) mass is 282 g/mol. The molecule has 2 N–H and O–H groups in total. The molecule has 106 valence electrons. The second-order valence-corrected chi connectivity index (χ2v) is 4.93.